The minimum absolute atomic E-state index is 0.0359. The Balaban J connectivity index is 2.04. The molecule has 0 saturated carbocycles. The molecule has 4 heteroatoms. The highest BCUT2D eigenvalue weighted by molar-refractivity contribution is 5.93. The molecule has 1 aliphatic heterocycles. The standard InChI is InChI=1S/C15H23N3O/c1-4-17(3)15(19)13-5-6-14(16-11-13)18-9-7-12(2)8-10-18/h5-6,11-12H,4,7-10H2,1-3H3. The summed E-state index contributed by atoms with van der Waals surface area (Å²) in [5.41, 5.74) is 0.665. The van der Waals surface area contributed by atoms with Gasteiger partial charge in [-0.1, -0.05) is 6.92 Å². The van der Waals surface area contributed by atoms with Crippen LogP contribution in [0, 0.1) is 5.92 Å². The number of aromatic nitrogens is 1. The van der Waals surface area contributed by atoms with E-state index in [1.54, 1.807) is 11.1 Å². The third-order valence-corrected chi connectivity index (χ3v) is 3.92. The molecule has 2 rings (SSSR count). The lowest BCUT2D eigenvalue weighted by atomic mass is 9.99. The summed E-state index contributed by atoms with van der Waals surface area (Å²) in [5.74, 6) is 1.84. The first-order chi connectivity index (χ1) is 9.11. The maximum Gasteiger partial charge on any atom is 0.255 e. The number of carbonyl (C=O) groups is 1. The molecule has 1 aromatic heterocycles. The maximum atomic E-state index is 12.0. The van der Waals surface area contributed by atoms with Crippen LogP contribution in [0.3, 0.4) is 0 Å². The molecule has 0 unspecified atom stereocenters. The summed E-state index contributed by atoms with van der Waals surface area (Å²) in [5, 5.41) is 0. The smallest absolute Gasteiger partial charge is 0.255 e. The number of piperidine rings is 1. The first kappa shape index (κ1) is 13.8. The number of rotatable bonds is 3. The van der Waals surface area contributed by atoms with Gasteiger partial charge in [0.1, 0.15) is 5.82 Å². The van der Waals surface area contributed by atoms with Crippen molar-refractivity contribution in [2.75, 3.05) is 31.6 Å². The zero-order chi connectivity index (χ0) is 13.8. The molecule has 1 amide bonds. The van der Waals surface area contributed by atoms with E-state index >= 15 is 0 Å². The Bertz CT molecular complexity index is 422. The van der Waals surface area contributed by atoms with Gasteiger partial charge in [-0.05, 0) is 37.8 Å². The fourth-order valence-corrected chi connectivity index (χ4v) is 2.30. The number of pyridine rings is 1. The van der Waals surface area contributed by atoms with E-state index in [0.29, 0.717) is 12.1 Å². The lowest BCUT2D eigenvalue weighted by molar-refractivity contribution is 0.0802. The Morgan fingerprint density at radius 3 is 2.63 bits per heavy atom. The van der Waals surface area contributed by atoms with E-state index in [4.69, 9.17) is 0 Å². The molecule has 0 atom stereocenters. The van der Waals surface area contributed by atoms with Crippen molar-refractivity contribution in [1.82, 2.24) is 9.88 Å². The van der Waals surface area contributed by atoms with Gasteiger partial charge in [0, 0.05) is 32.9 Å². The van der Waals surface area contributed by atoms with Crippen LogP contribution in [-0.4, -0.2) is 42.5 Å². The zero-order valence-electron chi connectivity index (χ0n) is 12.1. The fraction of sp³-hybridized carbons (Fsp3) is 0.600. The van der Waals surface area contributed by atoms with Crippen molar-refractivity contribution in [3.05, 3.63) is 23.9 Å². The summed E-state index contributed by atoms with van der Waals surface area (Å²) in [6, 6.07) is 3.85. The highest BCUT2D eigenvalue weighted by atomic mass is 16.2. The highest BCUT2D eigenvalue weighted by Gasteiger charge is 2.17. The monoisotopic (exact) mass is 261 g/mol. The van der Waals surface area contributed by atoms with Gasteiger partial charge in [-0.25, -0.2) is 4.98 Å². The molecule has 0 bridgehead atoms. The Morgan fingerprint density at radius 2 is 2.11 bits per heavy atom. The Morgan fingerprint density at radius 1 is 1.42 bits per heavy atom. The molecule has 0 N–H and O–H groups in total. The molecule has 0 aliphatic carbocycles. The van der Waals surface area contributed by atoms with Gasteiger partial charge < -0.3 is 9.80 Å². The van der Waals surface area contributed by atoms with Crippen molar-refractivity contribution in [2.45, 2.75) is 26.7 Å². The van der Waals surface area contributed by atoms with E-state index in [2.05, 4.69) is 16.8 Å². The normalized spacial score (nSPS) is 16.5. The second-order valence-electron chi connectivity index (χ2n) is 5.39. The third-order valence-electron chi connectivity index (χ3n) is 3.92. The zero-order valence-corrected chi connectivity index (χ0v) is 12.1. The summed E-state index contributed by atoms with van der Waals surface area (Å²) >= 11 is 0. The molecule has 104 valence electrons. The lowest BCUT2D eigenvalue weighted by Gasteiger charge is -2.31. The van der Waals surface area contributed by atoms with Gasteiger partial charge in [0.2, 0.25) is 0 Å². The average molecular weight is 261 g/mol. The van der Waals surface area contributed by atoms with Crippen LogP contribution < -0.4 is 4.90 Å². The summed E-state index contributed by atoms with van der Waals surface area (Å²) in [4.78, 5) is 20.4. The van der Waals surface area contributed by atoms with Gasteiger partial charge in [-0.2, -0.15) is 0 Å². The van der Waals surface area contributed by atoms with E-state index in [-0.39, 0.29) is 5.91 Å². The predicted molar refractivity (Wildman–Crippen MR) is 77.5 cm³/mol. The largest absolute Gasteiger partial charge is 0.357 e. The SMILES string of the molecule is CCN(C)C(=O)c1ccc(N2CCC(C)CC2)nc1. The van der Waals surface area contributed by atoms with Gasteiger partial charge in [0.15, 0.2) is 0 Å². The Labute approximate surface area is 115 Å². The van der Waals surface area contributed by atoms with Crippen molar-refractivity contribution in [1.29, 1.82) is 0 Å². The van der Waals surface area contributed by atoms with Gasteiger partial charge >= 0.3 is 0 Å². The lowest BCUT2D eigenvalue weighted by Crippen LogP contribution is -2.33. The molecule has 2 heterocycles. The first-order valence-corrected chi connectivity index (χ1v) is 7.08. The third kappa shape index (κ3) is 3.25. The summed E-state index contributed by atoms with van der Waals surface area (Å²) in [6.07, 6.45) is 4.14. The summed E-state index contributed by atoms with van der Waals surface area (Å²) in [7, 11) is 1.81. The van der Waals surface area contributed by atoms with Gasteiger partial charge in [0.25, 0.3) is 5.91 Å². The molecule has 0 aromatic carbocycles. The second-order valence-corrected chi connectivity index (χ2v) is 5.39. The van der Waals surface area contributed by atoms with Crippen molar-refractivity contribution < 1.29 is 4.79 Å². The van der Waals surface area contributed by atoms with Crippen LogP contribution in [0.25, 0.3) is 0 Å². The molecule has 19 heavy (non-hydrogen) atoms. The molecular formula is C15H23N3O. The van der Waals surface area contributed by atoms with Crippen LogP contribution in [-0.2, 0) is 0 Å². The number of carbonyl (C=O) groups excluding carboxylic acids is 1. The van der Waals surface area contributed by atoms with E-state index in [9.17, 15) is 4.79 Å². The van der Waals surface area contributed by atoms with Crippen molar-refractivity contribution in [2.24, 2.45) is 5.92 Å². The number of hydrogen-bond acceptors (Lipinski definition) is 3. The molecule has 1 aliphatic rings. The van der Waals surface area contributed by atoms with E-state index in [1.165, 1.54) is 12.8 Å². The Kier molecular flexibility index (Phi) is 4.40. The second kappa shape index (κ2) is 6.04. The first-order valence-electron chi connectivity index (χ1n) is 7.08. The predicted octanol–water partition coefficient (Wildman–Crippen LogP) is 2.41. The summed E-state index contributed by atoms with van der Waals surface area (Å²) < 4.78 is 0. The van der Waals surface area contributed by atoms with E-state index in [0.717, 1.165) is 24.8 Å². The molecule has 0 radical (unpaired) electrons. The van der Waals surface area contributed by atoms with Crippen LogP contribution >= 0.6 is 0 Å². The highest BCUT2D eigenvalue weighted by Crippen LogP contribution is 2.21. The topological polar surface area (TPSA) is 36.4 Å². The van der Waals surface area contributed by atoms with Crippen LogP contribution in [0.5, 0.6) is 0 Å². The van der Waals surface area contributed by atoms with Crippen molar-refractivity contribution >= 4 is 11.7 Å². The number of hydrogen-bond donors (Lipinski definition) is 0. The van der Waals surface area contributed by atoms with Crippen LogP contribution in [0.4, 0.5) is 5.82 Å². The molecular weight excluding hydrogens is 238 g/mol. The van der Waals surface area contributed by atoms with Crippen molar-refractivity contribution in [3.63, 3.8) is 0 Å². The van der Waals surface area contributed by atoms with E-state index < -0.39 is 0 Å². The maximum absolute atomic E-state index is 12.0. The van der Waals surface area contributed by atoms with Crippen LogP contribution in [0.2, 0.25) is 0 Å². The Hall–Kier alpha value is -1.58. The number of nitrogens with zero attached hydrogens (tertiary/aromatic N) is 3. The van der Waals surface area contributed by atoms with E-state index in [1.807, 2.05) is 26.1 Å². The molecule has 1 aromatic rings. The van der Waals surface area contributed by atoms with Gasteiger partial charge in [0.05, 0.1) is 5.56 Å². The molecule has 1 fully saturated rings. The van der Waals surface area contributed by atoms with Crippen molar-refractivity contribution in [3.8, 4) is 0 Å². The number of anilines is 1. The molecule has 4 nitrogen and oxygen atoms in total. The summed E-state index contributed by atoms with van der Waals surface area (Å²) in [6.45, 7) is 7.11. The minimum Gasteiger partial charge on any atom is -0.357 e. The minimum atomic E-state index is 0.0359. The quantitative estimate of drug-likeness (QED) is 0.838. The molecule has 1 saturated heterocycles. The van der Waals surface area contributed by atoms with Crippen LogP contribution in [0.15, 0.2) is 18.3 Å². The number of amides is 1. The van der Waals surface area contributed by atoms with Gasteiger partial charge in [-0.15, -0.1) is 0 Å². The fourth-order valence-electron chi connectivity index (χ4n) is 2.30. The van der Waals surface area contributed by atoms with Gasteiger partial charge in [-0.3, -0.25) is 4.79 Å². The molecule has 0 spiro atoms. The van der Waals surface area contributed by atoms with Crippen LogP contribution in [0.1, 0.15) is 37.0 Å². The average Bonchev–Trinajstić information content (AvgIpc) is 2.46.